The lowest BCUT2D eigenvalue weighted by atomic mass is 10.0. The van der Waals surface area contributed by atoms with E-state index in [4.69, 9.17) is 5.11 Å². The zero-order chi connectivity index (χ0) is 15.4. The molecule has 1 heterocycles. The van der Waals surface area contributed by atoms with Crippen molar-refractivity contribution in [3.63, 3.8) is 0 Å². The van der Waals surface area contributed by atoms with Crippen molar-refractivity contribution in [3.05, 3.63) is 35.4 Å². The van der Waals surface area contributed by atoms with Crippen molar-refractivity contribution in [2.45, 2.75) is 26.8 Å². The molecule has 5 heteroatoms. The van der Waals surface area contributed by atoms with Crippen LogP contribution in [-0.2, 0) is 27.3 Å². The first-order valence-electron chi connectivity index (χ1n) is 6.97. The van der Waals surface area contributed by atoms with Crippen LogP contribution in [0.2, 0.25) is 0 Å². The summed E-state index contributed by atoms with van der Waals surface area (Å²) < 4.78 is 0. The second-order valence-electron chi connectivity index (χ2n) is 6.43. The first-order valence-corrected chi connectivity index (χ1v) is 6.97. The van der Waals surface area contributed by atoms with Gasteiger partial charge in [-0.3, -0.25) is 19.3 Å². The van der Waals surface area contributed by atoms with Crippen molar-refractivity contribution >= 4 is 17.8 Å². The zero-order valence-corrected chi connectivity index (χ0v) is 12.0. The number of imide groups is 1. The number of rotatable bonds is 4. The number of aliphatic carboxylic acids is 1. The standard InChI is InChI=1S/C16H17NO4/c1-16(2)12-13(16)15(21)17(14(12)20)8-10-5-3-9(4-6-10)7-11(18)19/h3-6,12-13H,7-8H2,1-2H3,(H,18,19). The highest BCUT2D eigenvalue weighted by Gasteiger charge is 2.72. The molecule has 2 amide bonds. The summed E-state index contributed by atoms with van der Waals surface area (Å²) in [5.41, 5.74) is 1.36. The molecule has 21 heavy (non-hydrogen) atoms. The molecule has 110 valence electrons. The second kappa shape index (κ2) is 4.41. The number of amides is 2. The van der Waals surface area contributed by atoms with Crippen LogP contribution in [0, 0.1) is 17.3 Å². The highest BCUT2D eigenvalue weighted by Crippen LogP contribution is 2.63. The van der Waals surface area contributed by atoms with E-state index in [1.165, 1.54) is 4.90 Å². The van der Waals surface area contributed by atoms with Gasteiger partial charge in [0.25, 0.3) is 0 Å². The molecular formula is C16H17NO4. The van der Waals surface area contributed by atoms with Gasteiger partial charge in [-0.25, -0.2) is 0 Å². The number of piperidine rings is 1. The molecule has 2 unspecified atom stereocenters. The maximum atomic E-state index is 12.2. The minimum absolute atomic E-state index is 0.0276. The SMILES string of the molecule is CC1(C)C2C(=O)N(Cc3ccc(CC(=O)O)cc3)C(=O)C21. The van der Waals surface area contributed by atoms with Gasteiger partial charge in [0.15, 0.2) is 0 Å². The Morgan fingerprint density at radius 2 is 1.57 bits per heavy atom. The maximum absolute atomic E-state index is 12.2. The van der Waals surface area contributed by atoms with E-state index in [0.29, 0.717) is 5.56 Å². The molecule has 5 nitrogen and oxygen atoms in total. The Morgan fingerprint density at radius 3 is 2.05 bits per heavy atom. The third kappa shape index (κ3) is 2.13. The Labute approximate surface area is 122 Å². The molecule has 3 rings (SSSR count). The summed E-state index contributed by atoms with van der Waals surface area (Å²) >= 11 is 0. The van der Waals surface area contributed by atoms with Crippen LogP contribution in [0.15, 0.2) is 24.3 Å². The first-order chi connectivity index (χ1) is 9.82. The minimum Gasteiger partial charge on any atom is -0.481 e. The average Bonchev–Trinajstić information content (AvgIpc) is 2.87. The molecule has 1 aromatic carbocycles. The van der Waals surface area contributed by atoms with Gasteiger partial charge in [-0.05, 0) is 16.5 Å². The van der Waals surface area contributed by atoms with E-state index < -0.39 is 5.97 Å². The molecule has 1 aliphatic heterocycles. The number of carbonyl (C=O) groups excluding carboxylic acids is 2. The highest BCUT2D eigenvalue weighted by molar-refractivity contribution is 6.10. The number of nitrogens with zero attached hydrogens (tertiary/aromatic N) is 1. The zero-order valence-electron chi connectivity index (χ0n) is 12.0. The summed E-state index contributed by atoms with van der Waals surface area (Å²) in [5.74, 6) is -1.35. The van der Waals surface area contributed by atoms with E-state index in [1.807, 2.05) is 13.8 Å². The number of hydrogen-bond acceptors (Lipinski definition) is 3. The molecular weight excluding hydrogens is 270 g/mol. The molecule has 2 aliphatic rings. The highest BCUT2D eigenvalue weighted by atomic mass is 16.4. The quantitative estimate of drug-likeness (QED) is 0.851. The van der Waals surface area contributed by atoms with Crippen LogP contribution in [0.25, 0.3) is 0 Å². The Balaban J connectivity index is 1.69. The predicted molar refractivity (Wildman–Crippen MR) is 74.1 cm³/mol. The first kappa shape index (κ1) is 13.8. The summed E-state index contributed by atoms with van der Waals surface area (Å²) in [6, 6.07) is 6.99. The van der Waals surface area contributed by atoms with Gasteiger partial charge in [-0.15, -0.1) is 0 Å². The summed E-state index contributed by atoms with van der Waals surface area (Å²) in [6.07, 6.45) is -0.0276. The third-order valence-electron chi connectivity index (χ3n) is 4.61. The maximum Gasteiger partial charge on any atom is 0.307 e. The van der Waals surface area contributed by atoms with E-state index in [-0.39, 0.29) is 42.0 Å². The van der Waals surface area contributed by atoms with Gasteiger partial charge >= 0.3 is 5.97 Å². The van der Waals surface area contributed by atoms with Crippen LogP contribution >= 0.6 is 0 Å². The molecule has 0 radical (unpaired) electrons. The van der Waals surface area contributed by atoms with Crippen molar-refractivity contribution in [2.75, 3.05) is 0 Å². The fourth-order valence-corrected chi connectivity index (χ4v) is 3.28. The van der Waals surface area contributed by atoms with E-state index in [0.717, 1.165) is 5.56 Å². The van der Waals surface area contributed by atoms with E-state index >= 15 is 0 Å². The fourth-order valence-electron chi connectivity index (χ4n) is 3.28. The average molecular weight is 287 g/mol. The molecule has 0 bridgehead atoms. The molecule has 2 atom stereocenters. The smallest absolute Gasteiger partial charge is 0.307 e. The number of hydrogen-bond donors (Lipinski definition) is 1. The van der Waals surface area contributed by atoms with E-state index in [2.05, 4.69) is 0 Å². The second-order valence-corrected chi connectivity index (χ2v) is 6.43. The van der Waals surface area contributed by atoms with Crippen LogP contribution < -0.4 is 0 Å². The van der Waals surface area contributed by atoms with Gasteiger partial charge in [-0.2, -0.15) is 0 Å². The minimum atomic E-state index is -0.880. The number of likely N-dealkylation sites (tertiary alicyclic amines) is 1. The number of carboxylic acid groups (broad SMARTS) is 1. The van der Waals surface area contributed by atoms with Gasteiger partial charge < -0.3 is 5.11 Å². The van der Waals surface area contributed by atoms with E-state index in [1.54, 1.807) is 24.3 Å². The Bertz CT molecular complexity index is 608. The Morgan fingerprint density at radius 1 is 1.10 bits per heavy atom. The third-order valence-corrected chi connectivity index (χ3v) is 4.61. The van der Waals surface area contributed by atoms with Gasteiger partial charge in [-0.1, -0.05) is 38.1 Å². The van der Waals surface area contributed by atoms with E-state index in [9.17, 15) is 14.4 Å². The fraction of sp³-hybridized carbons (Fsp3) is 0.438. The lowest BCUT2D eigenvalue weighted by molar-refractivity contribution is -0.143. The van der Waals surface area contributed by atoms with Gasteiger partial charge in [0.05, 0.1) is 24.8 Å². The Hall–Kier alpha value is -2.17. The van der Waals surface area contributed by atoms with Crippen LogP contribution in [0.1, 0.15) is 25.0 Å². The van der Waals surface area contributed by atoms with Crippen LogP contribution in [0.5, 0.6) is 0 Å². The molecule has 1 saturated heterocycles. The van der Waals surface area contributed by atoms with Crippen molar-refractivity contribution in [1.82, 2.24) is 4.90 Å². The molecule has 1 aliphatic carbocycles. The predicted octanol–water partition coefficient (Wildman–Crippen LogP) is 1.45. The normalized spacial score (nSPS) is 25.9. The van der Waals surface area contributed by atoms with Gasteiger partial charge in [0, 0.05) is 0 Å². The molecule has 0 spiro atoms. The van der Waals surface area contributed by atoms with Crippen molar-refractivity contribution in [3.8, 4) is 0 Å². The summed E-state index contributed by atoms with van der Waals surface area (Å²) in [5, 5.41) is 8.72. The van der Waals surface area contributed by atoms with Crippen molar-refractivity contribution < 1.29 is 19.5 Å². The molecule has 0 aromatic heterocycles. The lowest BCUT2D eigenvalue weighted by Gasteiger charge is -2.20. The van der Waals surface area contributed by atoms with Gasteiger partial charge in [0.2, 0.25) is 11.8 Å². The van der Waals surface area contributed by atoms with Crippen LogP contribution in [0.4, 0.5) is 0 Å². The topological polar surface area (TPSA) is 74.7 Å². The summed E-state index contributed by atoms with van der Waals surface area (Å²) in [7, 11) is 0. The number of carbonyl (C=O) groups is 3. The largest absolute Gasteiger partial charge is 0.481 e. The number of fused-ring (bicyclic) bond motifs is 1. The summed E-state index contributed by atoms with van der Waals surface area (Å²) in [4.78, 5) is 36.4. The number of carboxylic acids is 1. The molecule has 1 saturated carbocycles. The van der Waals surface area contributed by atoms with Crippen molar-refractivity contribution in [2.24, 2.45) is 17.3 Å². The lowest BCUT2D eigenvalue weighted by Crippen LogP contribution is -2.35. The van der Waals surface area contributed by atoms with Crippen molar-refractivity contribution in [1.29, 1.82) is 0 Å². The monoisotopic (exact) mass is 287 g/mol. The Kier molecular flexibility index (Phi) is 2.90. The van der Waals surface area contributed by atoms with Gasteiger partial charge in [0.1, 0.15) is 0 Å². The number of benzene rings is 1. The van der Waals surface area contributed by atoms with Crippen LogP contribution in [-0.4, -0.2) is 27.8 Å². The van der Waals surface area contributed by atoms with Crippen LogP contribution in [0.3, 0.4) is 0 Å². The molecule has 2 fully saturated rings. The molecule has 1 aromatic rings. The summed E-state index contributed by atoms with van der Waals surface area (Å²) in [6.45, 7) is 4.18. The molecule has 1 N–H and O–H groups in total.